The van der Waals surface area contributed by atoms with Crippen molar-refractivity contribution in [2.45, 2.75) is 33.6 Å². The summed E-state index contributed by atoms with van der Waals surface area (Å²) in [5, 5.41) is 5.14. The molecule has 0 aromatic carbocycles. The molecule has 0 fully saturated rings. The first-order valence-electron chi connectivity index (χ1n) is 7.85. The van der Waals surface area contributed by atoms with Gasteiger partial charge >= 0.3 is 0 Å². The number of carbonyl (C=O) groups is 2. The van der Waals surface area contributed by atoms with Gasteiger partial charge in [-0.1, -0.05) is 20.8 Å². The van der Waals surface area contributed by atoms with Crippen LogP contribution in [0, 0.1) is 5.41 Å². The second kappa shape index (κ2) is 6.32. The van der Waals surface area contributed by atoms with Crippen LogP contribution in [0.4, 0.5) is 10.8 Å². The van der Waals surface area contributed by atoms with E-state index in [1.807, 2.05) is 38.3 Å². The maximum Gasteiger partial charge on any atom is 0.233 e. The molecule has 24 heavy (non-hydrogen) atoms. The number of pyridine rings is 1. The highest BCUT2D eigenvalue weighted by molar-refractivity contribution is 7.13. The van der Waals surface area contributed by atoms with E-state index in [9.17, 15) is 9.59 Å². The van der Waals surface area contributed by atoms with Gasteiger partial charge in [0.05, 0.1) is 23.5 Å². The van der Waals surface area contributed by atoms with Gasteiger partial charge in [0, 0.05) is 30.0 Å². The van der Waals surface area contributed by atoms with Gasteiger partial charge in [-0.2, -0.15) is 0 Å². The number of rotatable bonds is 3. The van der Waals surface area contributed by atoms with Crippen LogP contribution >= 0.6 is 11.3 Å². The maximum atomic E-state index is 12.5. The van der Waals surface area contributed by atoms with Gasteiger partial charge in [0.15, 0.2) is 5.13 Å². The van der Waals surface area contributed by atoms with E-state index in [0.717, 1.165) is 17.8 Å². The molecule has 3 heterocycles. The van der Waals surface area contributed by atoms with Crippen LogP contribution in [0.1, 0.15) is 32.2 Å². The Hall–Kier alpha value is -2.28. The molecule has 0 atom stereocenters. The minimum Gasteiger partial charge on any atom is -0.310 e. The summed E-state index contributed by atoms with van der Waals surface area (Å²) < 4.78 is 0. The predicted octanol–water partition coefficient (Wildman–Crippen LogP) is 2.65. The van der Waals surface area contributed by atoms with Gasteiger partial charge < -0.3 is 10.2 Å². The molecule has 0 radical (unpaired) electrons. The van der Waals surface area contributed by atoms with Crippen LogP contribution in [0.3, 0.4) is 0 Å². The van der Waals surface area contributed by atoms with E-state index in [0.29, 0.717) is 17.4 Å². The number of carbonyl (C=O) groups excluding carboxylic acids is 2. The smallest absolute Gasteiger partial charge is 0.233 e. The van der Waals surface area contributed by atoms with Crippen molar-refractivity contribution in [3.05, 3.63) is 35.1 Å². The topological polar surface area (TPSA) is 75.2 Å². The van der Waals surface area contributed by atoms with Gasteiger partial charge in [-0.15, -0.1) is 11.3 Å². The van der Waals surface area contributed by atoms with Gasteiger partial charge in [0.2, 0.25) is 11.8 Å². The number of amides is 2. The van der Waals surface area contributed by atoms with Crippen LogP contribution in [0.2, 0.25) is 0 Å². The zero-order chi connectivity index (χ0) is 17.3. The second-order valence-corrected chi connectivity index (χ2v) is 7.65. The van der Waals surface area contributed by atoms with Crippen LogP contribution < -0.4 is 10.2 Å². The number of thiazole rings is 1. The third-order valence-corrected chi connectivity index (χ3v) is 4.62. The van der Waals surface area contributed by atoms with Gasteiger partial charge in [-0.05, 0) is 12.1 Å². The molecular formula is C17H20N4O2S. The fourth-order valence-corrected chi connectivity index (χ4v) is 3.15. The number of nitrogens with one attached hydrogen (secondary N) is 1. The number of aromatic nitrogens is 2. The van der Waals surface area contributed by atoms with E-state index < -0.39 is 5.41 Å². The Bertz CT molecular complexity index is 779. The van der Waals surface area contributed by atoms with E-state index in [4.69, 9.17) is 0 Å². The Morgan fingerprint density at radius 1 is 1.38 bits per heavy atom. The van der Waals surface area contributed by atoms with E-state index in [1.54, 1.807) is 11.1 Å². The molecule has 6 nitrogen and oxygen atoms in total. The Labute approximate surface area is 144 Å². The molecule has 0 saturated heterocycles. The van der Waals surface area contributed by atoms with Gasteiger partial charge in [-0.25, -0.2) is 4.98 Å². The van der Waals surface area contributed by atoms with Crippen LogP contribution in [-0.4, -0.2) is 28.3 Å². The second-order valence-electron chi connectivity index (χ2n) is 6.79. The molecule has 7 heteroatoms. The molecule has 0 saturated carbocycles. The summed E-state index contributed by atoms with van der Waals surface area (Å²) >= 11 is 1.34. The molecule has 1 N–H and O–H groups in total. The van der Waals surface area contributed by atoms with Crippen molar-refractivity contribution < 1.29 is 9.59 Å². The first-order valence-corrected chi connectivity index (χ1v) is 8.72. The Morgan fingerprint density at radius 3 is 2.92 bits per heavy atom. The molecule has 2 aromatic heterocycles. The summed E-state index contributed by atoms with van der Waals surface area (Å²) in [5.41, 5.74) is 2.04. The van der Waals surface area contributed by atoms with Gasteiger partial charge in [0.1, 0.15) is 0 Å². The third kappa shape index (κ3) is 3.46. The Morgan fingerprint density at radius 2 is 2.17 bits per heavy atom. The van der Waals surface area contributed by atoms with Crippen molar-refractivity contribution in [2.75, 3.05) is 16.8 Å². The normalized spacial score (nSPS) is 13.7. The summed E-state index contributed by atoms with van der Waals surface area (Å²) in [6.45, 7) is 6.20. The SMILES string of the molecule is CC(C)(C)C(=O)Nc1nc(CC(=O)N2CCc3ncccc32)cs1. The molecular weight excluding hydrogens is 324 g/mol. The van der Waals surface area contributed by atoms with E-state index in [-0.39, 0.29) is 18.2 Å². The lowest BCUT2D eigenvalue weighted by Crippen LogP contribution is -2.30. The fraction of sp³-hybridized carbons (Fsp3) is 0.412. The molecule has 3 rings (SSSR count). The van der Waals surface area contributed by atoms with Crippen molar-refractivity contribution in [2.24, 2.45) is 5.41 Å². The first kappa shape index (κ1) is 16.6. The maximum absolute atomic E-state index is 12.5. The first-order chi connectivity index (χ1) is 11.3. The molecule has 0 unspecified atom stereocenters. The lowest BCUT2D eigenvalue weighted by molar-refractivity contribution is -0.123. The minimum atomic E-state index is -0.478. The Balaban J connectivity index is 1.65. The molecule has 1 aliphatic heterocycles. The van der Waals surface area contributed by atoms with Gasteiger partial charge in [-0.3, -0.25) is 14.6 Å². The minimum absolute atomic E-state index is 0.000693. The summed E-state index contributed by atoms with van der Waals surface area (Å²) in [6, 6.07) is 3.76. The van der Waals surface area contributed by atoms with Crippen molar-refractivity contribution in [3.8, 4) is 0 Å². The monoisotopic (exact) mass is 344 g/mol. The highest BCUT2D eigenvalue weighted by Gasteiger charge is 2.26. The van der Waals surface area contributed by atoms with Crippen LogP contribution in [0.5, 0.6) is 0 Å². The van der Waals surface area contributed by atoms with E-state index in [1.165, 1.54) is 11.3 Å². The number of anilines is 2. The average Bonchev–Trinajstić information content (AvgIpc) is 3.13. The van der Waals surface area contributed by atoms with E-state index in [2.05, 4.69) is 15.3 Å². The third-order valence-electron chi connectivity index (χ3n) is 3.82. The average molecular weight is 344 g/mol. The van der Waals surface area contributed by atoms with Crippen LogP contribution in [0.25, 0.3) is 0 Å². The highest BCUT2D eigenvalue weighted by atomic mass is 32.1. The molecule has 126 valence electrons. The summed E-state index contributed by atoms with van der Waals surface area (Å²) in [5.74, 6) is -0.0879. The molecule has 2 amide bonds. The summed E-state index contributed by atoms with van der Waals surface area (Å²) in [6.07, 6.45) is 2.75. The van der Waals surface area contributed by atoms with Crippen molar-refractivity contribution >= 4 is 34.0 Å². The zero-order valence-electron chi connectivity index (χ0n) is 14.0. The van der Waals surface area contributed by atoms with Crippen LogP contribution in [0.15, 0.2) is 23.7 Å². The largest absolute Gasteiger partial charge is 0.310 e. The van der Waals surface area contributed by atoms with Crippen LogP contribution in [-0.2, 0) is 22.4 Å². The quantitative estimate of drug-likeness (QED) is 0.929. The van der Waals surface area contributed by atoms with Crippen molar-refractivity contribution in [1.29, 1.82) is 0 Å². The Kier molecular flexibility index (Phi) is 4.36. The van der Waals surface area contributed by atoms with E-state index >= 15 is 0 Å². The standard InChI is InChI=1S/C17H20N4O2S/c1-17(2,3)15(23)20-16-19-11(10-24-16)9-14(22)21-8-6-12-13(21)5-4-7-18-12/h4-5,7,10H,6,8-9H2,1-3H3,(H,19,20,23). The summed E-state index contributed by atoms with van der Waals surface area (Å²) in [7, 11) is 0. The highest BCUT2D eigenvalue weighted by Crippen LogP contribution is 2.27. The molecule has 1 aliphatic rings. The zero-order valence-corrected chi connectivity index (χ0v) is 14.8. The lowest BCUT2D eigenvalue weighted by atomic mass is 9.96. The summed E-state index contributed by atoms with van der Waals surface area (Å²) in [4.78, 5) is 34.9. The number of nitrogens with zero attached hydrogens (tertiary/aromatic N) is 3. The fourth-order valence-electron chi connectivity index (χ4n) is 2.45. The molecule has 0 spiro atoms. The predicted molar refractivity (Wildman–Crippen MR) is 94.2 cm³/mol. The lowest BCUT2D eigenvalue weighted by Gasteiger charge is -2.16. The molecule has 2 aromatic rings. The van der Waals surface area contributed by atoms with Gasteiger partial charge in [0.25, 0.3) is 0 Å². The van der Waals surface area contributed by atoms with Crippen molar-refractivity contribution in [1.82, 2.24) is 9.97 Å². The molecule has 0 bridgehead atoms. The number of hydrogen-bond acceptors (Lipinski definition) is 5. The van der Waals surface area contributed by atoms with Crippen molar-refractivity contribution in [3.63, 3.8) is 0 Å². The molecule has 0 aliphatic carbocycles. The number of fused-ring (bicyclic) bond motifs is 1. The number of hydrogen-bond donors (Lipinski definition) is 1.